The fourth-order valence-electron chi connectivity index (χ4n) is 5.95. The first-order chi connectivity index (χ1) is 14.4. The minimum absolute atomic E-state index is 0.188. The van der Waals surface area contributed by atoms with E-state index >= 15 is 0 Å². The van der Waals surface area contributed by atoms with Gasteiger partial charge in [-0.25, -0.2) is 0 Å². The number of carbonyl (C=O) groups excluding carboxylic acids is 2. The Morgan fingerprint density at radius 1 is 1.20 bits per heavy atom. The Balaban J connectivity index is 1.55. The first kappa shape index (κ1) is 19.4. The molecule has 30 heavy (non-hydrogen) atoms. The molecule has 1 aromatic rings. The van der Waals surface area contributed by atoms with Gasteiger partial charge >= 0.3 is 11.9 Å². The molecule has 2 heterocycles. The largest absolute Gasteiger partial charge is 0.486 e. The monoisotopic (exact) mass is 413 g/mol. The van der Waals surface area contributed by atoms with Crippen LogP contribution in [0.4, 0.5) is 0 Å². The third kappa shape index (κ3) is 2.75. The number of carbonyl (C=O) groups is 2. The molecule has 2 aliphatic heterocycles. The lowest BCUT2D eigenvalue weighted by molar-refractivity contribution is -0.152. The lowest BCUT2D eigenvalue weighted by atomic mass is 9.53. The zero-order chi connectivity index (χ0) is 21.0. The smallest absolute Gasteiger partial charge is 0.303 e. The molecule has 0 radical (unpaired) electrons. The Morgan fingerprint density at radius 3 is 2.80 bits per heavy atom. The molecule has 0 aromatic heterocycles. The van der Waals surface area contributed by atoms with Crippen molar-refractivity contribution in [3.63, 3.8) is 0 Å². The molecule has 0 N–H and O–H groups in total. The van der Waals surface area contributed by atoms with Crippen molar-refractivity contribution in [1.29, 1.82) is 0 Å². The summed E-state index contributed by atoms with van der Waals surface area (Å²) in [5.41, 5.74) is 2.28. The highest BCUT2D eigenvalue weighted by atomic mass is 16.6. The zero-order valence-electron chi connectivity index (χ0n) is 17.6. The SMILES string of the molecule is CC(=O)OCCOc1ccc2c3c1O[C@H]1[C@@H](OC(C)=O)C=C[C@H]4[C@@H](C2)N(C)CC[C@@]341. The molecule has 1 fully saturated rings. The summed E-state index contributed by atoms with van der Waals surface area (Å²) in [4.78, 5) is 25.2. The van der Waals surface area contributed by atoms with Crippen LogP contribution in [-0.2, 0) is 30.9 Å². The standard InChI is InChI=1S/C23H27NO6/c1-13(25)27-10-11-28-18-6-4-15-12-17-16-5-7-19(29-14(2)26)22-23(16,8-9-24(17)3)20(15)21(18)30-22/h4-7,16-17,19,22H,8-12H2,1-3H3/t16-,17+,19-,22-,23-/m0/s1. The lowest BCUT2D eigenvalue weighted by Crippen LogP contribution is -2.65. The maximum atomic E-state index is 11.8. The van der Waals surface area contributed by atoms with Crippen LogP contribution in [-0.4, -0.2) is 61.9 Å². The predicted octanol–water partition coefficient (Wildman–Crippen LogP) is 2.01. The second kappa shape index (κ2) is 7.01. The normalized spacial score (nSPS) is 32.8. The summed E-state index contributed by atoms with van der Waals surface area (Å²) in [7, 11) is 2.19. The van der Waals surface area contributed by atoms with Gasteiger partial charge < -0.3 is 23.8 Å². The van der Waals surface area contributed by atoms with Gasteiger partial charge in [0.2, 0.25) is 0 Å². The topological polar surface area (TPSA) is 74.3 Å². The molecule has 0 amide bonds. The predicted molar refractivity (Wildman–Crippen MR) is 108 cm³/mol. The van der Waals surface area contributed by atoms with Crippen molar-refractivity contribution >= 4 is 11.9 Å². The molecule has 1 spiro atoms. The minimum Gasteiger partial charge on any atom is -0.486 e. The van der Waals surface area contributed by atoms with Crippen LogP contribution in [0, 0.1) is 5.92 Å². The fraction of sp³-hybridized carbons (Fsp3) is 0.565. The summed E-state index contributed by atoms with van der Waals surface area (Å²) in [6, 6.07) is 4.48. The number of ether oxygens (including phenoxy) is 4. The van der Waals surface area contributed by atoms with Gasteiger partial charge in [-0.3, -0.25) is 9.59 Å². The maximum Gasteiger partial charge on any atom is 0.303 e. The highest BCUT2D eigenvalue weighted by Crippen LogP contribution is 2.62. The van der Waals surface area contributed by atoms with Crippen molar-refractivity contribution in [3.8, 4) is 11.5 Å². The molecule has 0 saturated carbocycles. The van der Waals surface area contributed by atoms with Gasteiger partial charge in [0, 0.05) is 36.8 Å². The maximum absolute atomic E-state index is 11.8. The van der Waals surface area contributed by atoms with Gasteiger partial charge in [0.15, 0.2) is 17.6 Å². The second-order valence-corrected chi connectivity index (χ2v) is 8.68. The molecule has 1 saturated heterocycles. The number of esters is 2. The van der Waals surface area contributed by atoms with Crippen molar-refractivity contribution in [3.05, 3.63) is 35.4 Å². The van der Waals surface area contributed by atoms with Crippen LogP contribution in [0.25, 0.3) is 0 Å². The van der Waals surface area contributed by atoms with E-state index < -0.39 is 6.10 Å². The quantitative estimate of drug-likeness (QED) is 0.415. The molecule has 2 aliphatic carbocycles. The number of nitrogens with zero attached hydrogens (tertiary/aromatic N) is 1. The Hall–Kier alpha value is -2.54. The highest BCUT2D eigenvalue weighted by molar-refractivity contribution is 5.67. The number of rotatable bonds is 5. The number of hydrogen-bond donors (Lipinski definition) is 0. The van der Waals surface area contributed by atoms with Crippen LogP contribution in [0.3, 0.4) is 0 Å². The summed E-state index contributed by atoms with van der Waals surface area (Å²) in [5.74, 6) is 1.08. The van der Waals surface area contributed by atoms with Gasteiger partial charge in [-0.15, -0.1) is 0 Å². The molecule has 7 heteroatoms. The fourth-order valence-corrected chi connectivity index (χ4v) is 5.95. The van der Waals surface area contributed by atoms with E-state index in [-0.39, 0.29) is 36.7 Å². The Bertz CT molecular complexity index is 927. The van der Waals surface area contributed by atoms with Gasteiger partial charge in [-0.1, -0.05) is 12.1 Å². The number of likely N-dealkylation sites (tertiary alicyclic amines) is 1. The van der Waals surface area contributed by atoms with E-state index in [0.29, 0.717) is 17.7 Å². The Morgan fingerprint density at radius 2 is 2.03 bits per heavy atom. The number of benzene rings is 1. The van der Waals surface area contributed by atoms with Crippen molar-refractivity contribution < 1.29 is 28.5 Å². The van der Waals surface area contributed by atoms with E-state index in [9.17, 15) is 9.59 Å². The summed E-state index contributed by atoms with van der Waals surface area (Å²) in [6.45, 7) is 4.23. The molecular formula is C23H27NO6. The van der Waals surface area contributed by atoms with E-state index in [0.717, 1.165) is 25.1 Å². The number of hydrogen-bond acceptors (Lipinski definition) is 7. The van der Waals surface area contributed by atoms with Crippen LogP contribution in [0.2, 0.25) is 0 Å². The first-order valence-corrected chi connectivity index (χ1v) is 10.6. The second-order valence-electron chi connectivity index (χ2n) is 8.68. The molecule has 4 aliphatic rings. The third-order valence-electron chi connectivity index (χ3n) is 7.06. The van der Waals surface area contributed by atoms with Crippen LogP contribution < -0.4 is 9.47 Å². The average molecular weight is 413 g/mol. The van der Waals surface area contributed by atoms with Crippen molar-refractivity contribution in [1.82, 2.24) is 4.90 Å². The summed E-state index contributed by atoms with van der Waals surface area (Å²) in [6.07, 6.45) is 5.44. The first-order valence-electron chi connectivity index (χ1n) is 10.6. The third-order valence-corrected chi connectivity index (χ3v) is 7.06. The van der Waals surface area contributed by atoms with E-state index in [1.165, 1.54) is 25.0 Å². The highest BCUT2D eigenvalue weighted by Gasteiger charge is 2.65. The molecule has 5 atom stereocenters. The van der Waals surface area contributed by atoms with E-state index in [4.69, 9.17) is 18.9 Å². The summed E-state index contributed by atoms with van der Waals surface area (Å²) < 4.78 is 23.2. The molecule has 160 valence electrons. The van der Waals surface area contributed by atoms with Crippen LogP contribution in [0.15, 0.2) is 24.3 Å². The average Bonchev–Trinajstić information content (AvgIpc) is 3.05. The Labute approximate surface area is 175 Å². The minimum atomic E-state index is -0.421. The van der Waals surface area contributed by atoms with Crippen LogP contribution in [0.5, 0.6) is 11.5 Å². The molecular weight excluding hydrogens is 386 g/mol. The molecule has 0 unspecified atom stereocenters. The van der Waals surface area contributed by atoms with Gasteiger partial charge in [0.1, 0.15) is 19.3 Å². The molecule has 7 nitrogen and oxygen atoms in total. The number of likely N-dealkylation sites (N-methyl/N-ethyl adjacent to an activating group) is 1. The van der Waals surface area contributed by atoms with Crippen molar-refractivity contribution in [2.24, 2.45) is 5.92 Å². The Kier molecular flexibility index (Phi) is 4.54. The summed E-state index contributed by atoms with van der Waals surface area (Å²) in [5, 5.41) is 0. The number of piperidine rings is 1. The van der Waals surface area contributed by atoms with Crippen LogP contribution >= 0.6 is 0 Å². The van der Waals surface area contributed by atoms with Gasteiger partial charge in [-0.2, -0.15) is 0 Å². The van der Waals surface area contributed by atoms with Crippen LogP contribution in [0.1, 0.15) is 31.4 Å². The lowest BCUT2D eigenvalue weighted by Gasteiger charge is -2.56. The van der Waals surface area contributed by atoms with Crippen molar-refractivity contribution in [2.75, 3.05) is 26.8 Å². The van der Waals surface area contributed by atoms with E-state index in [1.807, 2.05) is 12.1 Å². The van der Waals surface area contributed by atoms with E-state index in [2.05, 4.69) is 24.1 Å². The molecule has 1 aromatic carbocycles. The molecule has 2 bridgehead atoms. The van der Waals surface area contributed by atoms with Gasteiger partial charge in [-0.05, 0) is 44.1 Å². The van der Waals surface area contributed by atoms with Gasteiger partial charge in [0.25, 0.3) is 0 Å². The molecule has 5 rings (SSSR count). The zero-order valence-corrected chi connectivity index (χ0v) is 17.6. The van der Waals surface area contributed by atoms with Crippen molar-refractivity contribution in [2.45, 2.75) is 50.4 Å². The van der Waals surface area contributed by atoms with Gasteiger partial charge in [0.05, 0.1) is 0 Å². The van der Waals surface area contributed by atoms with E-state index in [1.54, 1.807) is 0 Å². The summed E-state index contributed by atoms with van der Waals surface area (Å²) >= 11 is 0.